The third-order valence-corrected chi connectivity index (χ3v) is 5.12. The van der Waals surface area contributed by atoms with E-state index < -0.39 is 17.6 Å². The monoisotopic (exact) mass is 353 g/mol. The first-order valence-corrected chi connectivity index (χ1v) is 8.55. The Bertz CT molecular complexity index is 811. The number of alkyl carbamates (subject to hydrolysis) is 1. The molecular formula is C20H19NO5. The van der Waals surface area contributed by atoms with Crippen molar-refractivity contribution in [1.82, 2.24) is 5.32 Å². The van der Waals surface area contributed by atoms with Crippen LogP contribution >= 0.6 is 0 Å². The number of hydrogen-bond acceptors (Lipinski definition) is 4. The molecule has 1 heterocycles. The average Bonchev–Trinajstić information content (AvgIpc) is 3.24. The Morgan fingerprint density at radius 1 is 1.12 bits per heavy atom. The lowest BCUT2D eigenvalue weighted by atomic mass is 9.98. The van der Waals surface area contributed by atoms with E-state index in [4.69, 9.17) is 9.47 Å². The van der Waals surface area contributed by atoms with Gasteiger partial charge in [0, 0.05) is 18.9 Å². The van der Waals surface area contributed by atoms with Gasteiger partial charge >= 0.3 is 12.1 Å². The van der Waals surface area contributed by atoms with Gasteiger partial charge in [-0.15, -0.1) is 0 Å². The lowest BCUT2D eigenvalue weighted by Crippen LogP contribution is -2.55. The van der Waals surface area contributed by atoms with Gasteiger partial charge in [-0.05, 0) is 22.3 Å². The maximum atomic E-state index is 12.2. The molecule has 0 aromatic heterocycles. The standard InChI is InChI=1S/C20H19NO5/c22-18(23)20(9-10-25-12-20)21-19(24)26-11-17-15-7-3-1-5-13(15)14-6-2-4-8-16(14)17/h1-8,17H,9-12H2,(H,21,24)(H,22,23). The second-order valence-electron chi connectivity index (χ2n) is 6.64. The van der Waals surface area contributed by atoms with Crippen LogP contribution < -0.4 is 5.32 Å². The van der Waals surface area contributed by atoms with E-state index in [1.165, 1.54) is 0 Å². The minimum absolute atomic E-state index is 0.0491. The lowest BCUT2D eigenvalue weighted by Gasteiger charge is -2.24. The molecule has 4 rings (SSSR count). The largest absolute Gasteiger partial charge is 0.479 e. The molecule has 0 spiro atoms. The second-order valence-corrected chi connectivity index (χ2v) is 6.64. The Kier molecular flexibility index (Phi) is 4.12. The fourth-order valence-electron chi connectivity index (χ4n) is 3.72. The second kappa shape index (κ2) is 6.46. The maximum absolute atomic E-state index is 12.2. The molecular weight excluding hydrogens is 334 g/mol. The Morgan fingerprint density at radius 2 is 1.73 bits per heavy atom. The van der Waals surface area contributed by atoms with Gasteiger partial charge in [-0.25, -0.2) is 9.59 Å². The summed E-state index contributed by atoms with van der Waals surface area (Å²) in [6, 6.07) is 16.1. The van der Waals surface area contributed by atoms with Crippen molar-refractivity contribution in [2.45, 2.75) is 17.9 Å². The third-order valence-electron chi connectivity index (χ3n) is 5.12. The van der Waals surface area contributed by atoms with Crippen molar-refractivity contribution >= 4 is 12.1 Å². The Hall–Kier alpha value is -2.86. The normalized spacial score (nSPS) is 21.1. The van der Waals surface area contributed by atoms with Crippen molar-refractivity contribution < 1.29 is 24.2 Å². The number of ether oxygens (including phenoxy) is 2. The van der Waals surface area contributed by atoms with Crippen LogP contribution in [0.1, 0.15) is 23.5 Å². The van der Waals surface area contributed by atoms with Crippen molar-refractivity contribution in [1.29, 1.82) is 0 Å². The highest BCUT2D eigenvalue weighted by atomic mass is 16.6. The zero-order valence-electron chi connectivity index (χ0n) is 14.1. The Labute approximate surface area is 150 Å². The fraction of sp³-hybridized carbons (Fsp3) is 0.300. The van der Waals surface area contributed by atoms with Gasteiger partial charge in [-0.3, -0.25) is 0 Å². The smallest absolute Gasteiger partial charge is 0.408 e. The Morgan fingerprint density at radius 3 is 2.27 bits per heavy atom. The van der Waals surface area contributed by atoms with Gasteiger partial charge in [0.25, 0.3) is 0 Å². The van der Waals surface area contributed by atoms with Crippen molar-refractivity contribution in [2.75, 3.05) is 19.8 Å². The van der Waals surface area contributed by atoms with Crippen LogP contribution in [-0.4, -0.2) is 42.5 Å². The lowest BCUT2D eigenvalue weighted by molar-refractivity contribution is -0.144. The van der Waals surface area contributed by atoms with Crippen LogP contribution in [0.25, 0.3) is 11.1 Å². The number of nitrogens with one attached hydrogen (secondary N) is 1. The molecule has 1 fully saturated rings. The molecule has 0 bridgehead atoms. The molecule has 0 saturated carbocycles. The summed E-state index contributed by atoms with van der Waals surface area (Å²) < 4.78 is 10.6. The topological polar surface area (TPSA) is 84.9 Å². The first-order valence-electron chi connectivity index (χ1n) is 8.55. The predicted molar refractivity (Wildman–Crippen MR) is 94.0 cm³/mol. The van der Waals surface area contributed by atoms with Crippen LogP contribution in [0.5, 0.6) is 0 Å². The van der Waals surface area contributed by atoms with Crippen LogP contribution in [-0.2, 0) is 14.3 Å². The molecule has 26 heavy (non-hydrogen) atoms. The van der Waals surface area contributed by atoms with Gasteiger partial charge in [0.1, 0.15) is 6.61 Å². The van der Waals surface area contributed by atoms with E-state index in [-0.39, 0.29) is 25.6 Å². The Balaban J connectivity index is 1.50. The number of carbonyl (C=O) groups is 2. The highest BCUT2D eigenvalue weighted by Gasteiger charge is 2.44. The predicted octanol–water partition coefficient (Wildman–Crippen LogP) is 2.77. The molecule has 2 aromatic carbocycles. The molecule has 2 N–H and O–H groups in total. The van der Waals surface area contributed by atoms with Crippen molar-refractivity contribution in [3.05, 3.63) is 59.7 Å². The van der Waals surface area contributed by atoms with Crippen LogP contribution in [0.15, 0.2) is 48.5 Å². The summed E-state index contributed by atoms with van der Waals surface area (Å²) in [5.74, 6) is -1.17. The van der Waals surface area contributed by atoms with E-state index >= 15 is 0 Å². The van der Waals surface area contributed by atoms with Gasteiger partial charge in [-0.2, -0.15) is 0 Å². The molecule has 2 aromatic rings. The minimum atomic E-state index is -1.40. The highest BCUT2D eigenvalue weighted by Crippen LogP contribution is 2.44. The first-order chi connectivity index (χ1) is 12.6. The highest BCUT2D eigenvalue weighted by molar-refractivity contribution is 5.85. The summed E-state index contributed by atoms with van der Waals surface area (Å²) in [5, 5.41) is 11.9. The molecule has 0 radical (unpaired) electrons. The number of amides is 1. The van der Waals surface area contributed by atoms with E-state index in [1.807, 2.05) is 36.4 Å². The molecule has 6 nitrogen and oxygen atoms in total. The average molecular weight is 353 g/mol. The molecule has 6 heteroatoms. The molecule has 2 aliphatic rings. The molecule has 1 amide bonds. The van der Waals surface area contributed by atoms with Crippen molar-refractivity contribution in [3.63, 3.8) is 0 Å². The molecule has 1 saturated heterocycles. The zero-order valence-corrected chi connectivity index (χ0v) is 14.1. The van der Waals surface area contributed by atoms with E-state index in [0.717, 1.165) is 22.3 Å². The maximum Gasteiger partial charge on any atom is 0.408 e. The summed E-state index contributed by atoms with van der Waals surface area (Å²) in [6.07, 6.45) is -0.508. The van der Waals surface area contributed by atoms with Crippen molar-refractivity contribution in [2.24, 2.45) is 0 Å². The van der Waals surface area contributed by atoms with Gasteiger partial charge in [0.2, 0.25) is 0 Å². The van der Waals surface area contributed by atoms with Crippen LogP contribution in [0.4, 0.5) is 4.79 Å². The molecule has 134 valence electrons. The number of aliphatic carboxylic acids is 1. The number of benzene rings is 2. The number of fused-ring (bicyclic) bond motifs is 3. The summed E-state index contributed by atoms with van der Waals surface area (Å²) in [6.45, 7) is 0.402. The number of hydrogen-bond donors (Lipinski definition) is 2. The van der Waals surface area contributed by atoms with Gasteiger partial charge < -0.3 is 19.9 Å². The summed E-state index contributed by atoms with van der Waals surface area (Å²) in [4.78, 5) is 23.7. The number of carboxylic acid groups (broad SMARTS) is 1. The van der Waals surface area contributed by atoms with E-state index in [2.05, 4.69) is 17.4 Å². The summed E-state index contributed by atoms with van der Waals surface area (Å²) in [5.41, 5.74) is 3.10. The van der Waals surface area contributed by atoms with Crippen LogP contribution in [0.2, 0.25) is 0 Å². The minimum Gasteiger partial charge on any atom is -0.479 e. The van der Waals surface area contributed by atoms with Gasteiger partial charge in [-0.1, -0.05) is 48.5 Å². The van der Waals surface area contributed by atoms with Crippen molar-refractivity contribution in [3.8, 4) is 11.1 Å². The van der Waals surface area contributed by atoms with E-state index in [1.54, 1.807) is 0 Å². The van der Waals surface area contributed by atoms with E-state index in [9.17, 15) is 14.7 Å². The van der Waals surface area contributed by atoms with Gasteiger partial charge in [0.05, 0.1) is 6.61 Å². The van der Waals surface area contributed by atoms with Crippen LogP contribution in [0, 0.1) is 0 Å². The first kappa shape index (κ1) is 16.6. The SMILES string of the molecule is O=C(NC1(C(=O)O)CCOC1)OCC1c2ccccc2-c2ccccc21. The van der Waals surface area contributed by atoms with Gasteiger partial charge in [0.15, 0.2) is 5.54 Å². The molecule has 1 aliphatic heterocycles. The van der Waals surface area contributed by atoms with Crippen LogP contribution in [0.3, 0.4) is 0 Å². The summed E-state index contributed by atoms with van der Waals surface area (Å²) in [7, 11) is 0. The zero-order chi connectivity index (χ0) is 18.1. The number of rotatable bonds is 4. The number of carbonyl (C=O) groups excluding carboxylic acids is 1. The fourth-order valence-corrected chi connectivity index (χ4v) is 3.72. The van der Waals surface area contributed by atoms with E-state index in [0.29, 0.717) is 6.61 Å². The molecule has 1 unspecified atom stereocenters. The molecule has 1 atom stereocenters. The molecule has 1 aliphatic carbocycles. The third kappa shape index (κ3) is 2.72. The summed E-state index contributed by atoms with van der Waals surface area (Å²) >= 11 is 0. The number of carboxylic acids is 1. The quantitative estimate of drug-likeness (QED) is 0.883.